The van der Waals surface area contributed by atoms with Crippen LogP contribution in [0.15, 0.2) is 47.7 Å². The van der Waals surface area contributed by atoms with Crippen LogP contribution in [0.3, 0.4) is 0 Å². The highest BCUT2D eigenvalue weighted by atomic mass is 19.3. The number of halogens is 2. The van der Waals surface area contributed by atoms with Gasteiger partial charge in [0.05, 0.1) is 24.0 Å². The minimum absolute atomic E-state index is 0.00790. The van der Waals surface area contributed by atoms with Crippen molar-refractivity contribution in [3.05, 3.63) is 54.8 Å². The average molecular weight is 356 g/mol. The first-order valence-electron chi connectivity index (χ1n) is 7.41. The number of rotatable bonds is 5. The average Bonchev–Trinajstić information content (AvgIpc) is 3.33. The van der Waals surface area contributed by atoms with E-state index in [-0.39, 0.29) is 5.89 Å². The Labute approximate surface area is 144 Å². The van der Waals surface area contributed by atoms with E-state index in [2.05, 4.69) is 35.5 Å². The molecule has 4 rings (SSSR count). The molecule has 0 fully saturated rings. The van der Waals surface area contributed by atoms with E-state index in [0.717, 1.165) is 5.56 Å². The normalized spacial score (nSPS) is 11.2. The molecule has 0 aromatic carbocycles. The molecular weight excluding hydrogens is 346 g/mol. The summed E-state index contributed by atoms with van der Waals surface area (Å²) in [4.78, 5) is 12.1. The number of hydrogen-bond acceptors (Lipinski definition) is 8. The molecule has 0 aliphatic carbocycles. The lowest BCUT2D eigenvalue weighted by molar-refractivity contribution is 0.116. The fourth-order valence-electron chi connectivity index (χ4n) is 2.19. The molecule has 0 spiro atoms. The predicted octanol–water partition coefficient (Wildman–Crippen LogP) is 2.17. The van der Waals surface area contributed by atoms with Crippen LogP contribution >= 0.6 is 0 Å². The smallest absolute Gasteiger partial charge is 0.314 e. The maximum Gasteiger partial charge on any atom is 0.314 e. The lowest BCUT2D eigenvalue weighted by Crippen LogP contribution is -2.02. The molecule has 0 bridgehead atoms. The van der Waals surface area contributed by atoms with Gasteiger partial charge in [-0.25, -0.2) is 14.6 Å². The maximum absolute atomic E-state index is 12.5. The lowest BCUT2D eigenvalue weighted by Gasteiger charge is -2.01. The summed E-state index contributed by atoms with van der Waals surface area (Å²) in [6.45, 7) is 0.382. The molecule has 4 heterocycles. The quantitative estimate of drug-likeness (QED) is 0.535. The van der Waals surface area contributed by atoms with E-state index in [1.54, 1.807) is 35.4 Å². The van der Waals surface area contributed by atoms with Gasteiger partial charge in [-0.15, -0.1) is 15.3 Å². The van der Waals surface area contributed by atoms with Gasteiger partial charge < -0.3 is 4.42 Å². The summed E-state index contributed by atoms with van der Waals surface area (Å²) < 4.78 is 31.5. The van der Waals surface area contributed by atoms with Crippen LogP contribution in [0.1, 0.15) is 18.0 Å². The molecule has 0 N–H and O–H groups in total. The third-order valence-corrected chi connectivity index (χ3v) is 3.42. The molecule has 4 aromatic heterocycles. The number of alkyl halides is 2. The molecule has 9 nitrogen and oxygen atoms in total. The Morgan fingerprint density at radius 2 is 1.85 bits per heavy atom. The van der Waals surface area contributed by atoms with E-state index in [1.807, 2.05) is 0 Å². The molecule has 0 atom stereocenters. The van der Waals surface area contributed by atoms with Crippen LogP contribution in [0.25, 0.3) is 22.7 Å². The van der Waals surface area contributed by atoms with Crippen molar-refractivity contribution in [3.63, 3.8) is 0 Å². The van der Waals surface area contributed by atoms with Crippen LogP contribution in [0, 0.1) is 0 Å². The Morgan fingerprint density at radius 3 is 2.54 bits per heavy atom. The van der Waals surface area contributed by atoms with Gasteiger partial charge >= 0.3 is 6.43 Å². The van der Waals surface area contributed by atoms with Crippen molar-refractivity contribution in [3.8, 4) is 22.7 Å². The maximum atomic E-state index is 12.5. The summed E-state index contributed by atoms with van der Waals surface area (Å²) in [5.74, 6) is -0.726. The SMILES string of the molecule is FC(F)c1nnc(-c2ccc(Cn3cc(-c4cncnc4)nn3)nc2)o1. The van der Waals surface area contributed by atoms with Crippen LogP contribution in [0.2, 0.25) is 0 Å². The summed E-state index contributed by atoms with van der Waals surface area (Å²) in [6, 6.07) is 3.38. The van der Waals surface area contributed by atoms with Crippen molar-refractivity contribution >= 4 is 0 Å². The lowest BCUT2D eigenvalue weighted by atomic mass is 10.2. The Balaban J connectivity index is 1.48. The Morgan fingerprint density at radius 1 is 1.00 bits per heavy atom. The molecule has 0 saturated heterocycles. The van der Waals surface area contributed by atoms with Crippen molar-refractivity contribution in [2.75, 3.05) is 0 Å². The highest BCUT2D eigenvalue weighted by molar-refractivity contribution is 5.54. The van der Waals surface area contributed by atoms with Gasteiger partial charge in [-0.05, 0) is 12.1 Å². The fourth-order valence-corrected chi connectivity index (χ4v) is 2.19. The van der Waals surface area contributed by atoms with Crippen molar-refractivity contribution in [2.45, 2.75) is 13.0 Å². The van der Waals surface area contributed by atoms with Crippen LogP contribution in [0.4, 0.5) is 8.78 Å². The summed E-state index contributed by atoms with van der Waals surface area (Å²) in [7, 11) is 0. The van der Waals surface area contributed by atoms with E-state index in [1.165, 1.54) is 12.5 Å². The van der Waals surface area contributed by atoms with Gasteiger partial charge in [-0.2, -0.15) is 8.78 Å². The summed E-state index contributed by atoms with van der Waals surface area (Å²) in [5.41, 5.74) is 2.55. The summed E-state index contributed by atoms with van der Waals surface area (Å²) in [5, 5.41) is 15.0. The third kappa shape index (κ3) is 3.27. The molecule has 4 aromatic rings. The standard InChI is InChI=1S/C15H10F2N8O/c16-13(17)15-23-22-14(26-15)9-1-2-11(20-5-9)6-25-7-12(21-24-25)10-3-18-8-19-4-10/h1-5,7-8,13H,6H2. The van der Waals surface area contributed by atoms with Gasteiger partial charge in [-0.3, -0.25) is 4.98 Å². The van der Waals surface area contributed by atoms with Gasteiger partial charge in [0.1, 0.15) is 12.0 Å². The van der Waals surface area contributed by atoms with E-state index in [4.69, 9.17) is 4.42 Å². The van der Waals surface area contributed by atoms with Gasteiger partial charge in [0.15, 0.2) is 0 Å². The summed E-state index contributed by atoms with van der Waals surface area (Å²) >= 11 is 0. The minimum atomic E-state index is -2.81. The molecule has 26 heavy (non-hydrogen) atoms. The van der Waals surface area contributed by atoms with E-state index in [9.17, 15) is 8.78 Å². The molecule has 0 unspecified atom stereocenters. The second kappa shape index (κ2) is 6.70. The van der Waals surface area contributed by atoms with Gasteiger partial charge in [0.25, 0.3) is 5.89 Å². The van der Waals surface area contributed by atoms with Crippen LogP contribution < -0.4 is 0 Å². The molecule has 0 aliphatic rings. The molecule has 0 radical (unpaired) electrons. The summed E-state index contributed by atoms with van der Waals surface area (Å²) in [6.07, 6.45) is 5.15. The molecule has 0 amide bonds. The number of aromatic nitrogens is 8. The van der Waals surface area contributed by atoms with Crippen molar-refractivity contribution in [1.29, 1.82) is 0 Å². The topological polar surface area (TPSA) is 108 Å². The van der Waals surface area contributed by atoms with Gasteiger partial charge in [0, 0.05) is 24.2 Å². The second-order valence-corrected chi connectivity index (χ2v) is 5.21. The number of nitrogens with zero attached hydrogens (tertiary/aromatic N) is 8. The largest absolute Gasteiger partial charge is 0.415 e. The predicted molar refractivity (Wildman–Crippen MR) is 82.6 cm³/mol. The van der Waals surface area contributed by atoms with Gasteiger partial charge in [0.2, 0.25) is 5.89 Å². The van der Waals surface area contributed by atoms with Crippen molar-refractivity contribution in [2.24, 2.45) is 0 Å². The van der Waals surface area contributed by atoms with Crippen LogP contribution in [-0.2, 0) is 6.54 Å². The highest BCUT2D eigenvalue weighted by Crippen LogP contribution is 2.22. The Kier molecular flexibility index (Phi) is 4.09. The Bertz CT molecular complexity index is 1000. The van der Waals surface area contributed by atoms with E-state index in [0.29, 0.717) is 23.5 Å². The second-order valence-electron chi connectivity index (χ2n) is 5.21. The van der Waals surface area contributed by atoms with Gasteiger partial charge in [-0.1, -0.05) is 5.21 Å². The van der Waals surface area contributed by atoms with Crippen LogP contribution in [-0.4, -0.2) is 40.1 Å². The van der Waals surface area contributed by atoms with E-state index >= 15 is 0 Å². The highest BCUT2D eigenvalue weighted by Gasteiger charge is 2.17. The molecule has 0 saturated carbocycles. The minimum Gasteiger partial charge on any atom is -0.415 e. The third-order valence-electron chi connectivity index (χ3n) is 3.42. The number of pyridine rings is 1. The first-order chi connectivity index (χ1) is 12.7. The van der Waals surface area contributed by atoms with Crippen molar-refractivity contribution in [1.82, 2.24) is 40.1 Å². The zero-order chi connectivity index (χ0) is 17.9. The zero-order valence-corrected chi connectivity index (χ0v) is 13.1. The van der Waals surface area contributed by atoms with Crippen molar-refractivity contribution < 1.29 is 13.2 Å². The zero-order valence-electron chi connectivity index (χ0n) is 13.1. The molecular formula is C15H10F2N8O. The molecule has 11 heteroatoms. The fraction of sp³-hybridized carbons (Fsp3) is 0.133. The Hall–Kier alpha value is -3.63. The molecule has 0 aliphatic heterocycles. The first-order valence-corrected chi connectivity index (χ1v) is 7.41. The van der Waals surface area contributed by atoms with Crippen LogP contribution in [0.5, 0.6) is 0 Å². The monoisotopic (exact) mass is 356 g/mol. The molecule has 130 valence electrons. The first kappa shape index (κ1) is 15.9. The number of hydrogen-bond donors (Lipinski definition) is 0. The van der Waals surface area contributed by atoms with E-state index < -0.39 is 12.3 Å².